The average molecular weight is 663 g/mol. The van der Waals surface area contributed by atoms with E-state index in [1.54, 1.807) is 6.07 Å². The van der Waals surface area contributed by atoms with Gasteiger partial charge in [-0.05, 0) is 69.0 Å². The summed E-state index contributed by atoms with van der Waals surface area (Å²) in [7, 11) is -4.38. The molecule has 242 valence electrons. The van der Waals surface area contributed by atoms with E-state index in [0.29, 0.717) is 10.5 Å². The van der Waals surface area contributed by atoms with E-state index in [1.165, 1.54) is 48.1 Å². The summed E-state index contributed by atoms with van der Waals surface area (Å²) in [5.41, 5.74) is 4.27. The lowest BCUT2D eigenvalue weighted by Crippen LogP contribution is -2.41. The molecule has 5 rings (SSSR count). The van der Waals surface area contributed by atoms with Crippen LogP contribution in [0.1, 0.15) is 57.6 Å². The molecule has 1 unspecified atom stereocenters. The number of anilines is 1. The number of aliphatic hydroxyl groups is 2. The van der Waals surface area contributed by atoms with Gasteiger partial charge in [-0.25, -0.2) is 14.1 Å². The lowest BCUT2D eigenvalue weighted by Gasteiger charge is -2.26. The van der Waals surface area contributed by atoms with Crippen LogP contribution in [-0.4, -0.2) is 67.8 Å². The number of nitrogens with zero attached hydrogens (tertiary/aromatic N) is 4. The summed E-state index contributed by atoms with van der Waals surface area (Å²) in [5.74, 6) is -0.376. The van der Waals surface area contributed by atoms with Gasteiger partial charge in [0.15, 0.2) is 5.82 Å². The predicted molar refractivity (Wildman–Crippen MR) is 162 cm³/mol. The topological polar surface area (TPSA) is 204 Å². The van der Waals surface area contributed by atoms with Crippen LogP contribution in [-0.2, 0) is 29.0 Å². The van der Waals surface area contributed by atoms with E-state index in [4.69, 9.17) is 35.9 Å². The second-order valence-electron chi connectivity index (χ2n) is 11.2. The number of hydrogen-bond acceptors (Lipinski definition) is 12. The standard InChI is InChI=1S/C29H36ClN6O8P/c1-18(28(39)42-20-7-5-3-2-4-6-8-20)35-45(40,44-21-11-9-19(30)10-12-21)41-15-23-25(37)26(38)29(16-31,43-23)24-14-13-22-27(32)33-17-34-36(22)24/h9-14,17-18,20,23,25-26,37-38H,2-8,15H2,1H3,(H,35,40)(H2,32,33,34)/t18-,23+,25+,26+,29-,45?/m0/s1. The largest absolute Gasteiger partial charge is 0.461 e. The van der Waals surface area contributed by atoms with Crippen LogP contribution >= 0.6 is 19.3 Å². The number of ether oxygens (including phenoxy) is 2. The SMILES string of the molecule is C[C@H](NP(=O)(OC[C@H]1O[C@@](C#N)(c2ccc3c(N)ncnn23)[C@H](O)[C@@H]1O)Oc1ccc(Cl)cc1)C(=O)OC1CCCCCCC1. The Balaban J connectivity index is 1.33. The van der Waals surface area contributed by atoms with Crippen LogP contribution in [0.4, 0.5) is 5.82 Å². The number of fused-ring (bicyclic) bond motifs is 1. The van der Waals surface area contributed by atoms with Crippen molar-refractivity contribution < 1.29 is 38.1 Å². The van der Waals surface area contributed by atoms with Crippen LogP contribution in [0, 0.1) is 11.3 Å². The summed E-state index contributed by atoms with van der Waals surface area (Å²) >= 11 is 5.98. The van der Waals surface area contributed by atoms with Crippen molar-refractivity contribution in [2.24, 2.45) is 0 Å². The minimum Gasteiger partial charge on any atom is -0.461 e. The fourth-order valence-electron chi connectivity index (χ4n) is 5.54. The Hall–Kier alpha value is -3.28. The zero-order valence-corrected chi connectivity index (χ0v) is 26.3. The third kappa shape index (κ3) is 7.26. The number of halogens is 1. The molecule has 45 heavy (non-hydrogen) atoms. The summed E-state index contributed by atoms with van der Waals surface area (Å²) in [4.78, 5) is 17.0. The number of benzene rings is 1. The third-order valence-electron chi connectivity index (χ3n) is 7.97. The van der Waals surface area contributed by atoms with Gasteiger partial charge in [-0.3, -0.25) is 9.32 Å². The highest BCUT2D eigenvalue weighted by molar-refractivity contribution is 7.52. The van der Waals surface area contributed by atoms with Crippen LogP contribution in [0.5, 0.6) is 5.75 Å². The molecule has 0 radical (unpaired) electrons. The molecule has 1 aliphatic carbocycles. The van der Waals surface area contributed by atoms with Crippen molar-refractivity contribution in [1.82, 2.24) is 19.7 Å². The van der Waals surface area contributed by atoms with E-state index < -0.39 is 50.3 Å². The lowest BCUT2D eigenvalue weighted by molar-refractivity contribution is -0.151. The van der Waals surface area contributed by atoms with E-state index in [-0.39, 0.29) is 23.4 Å². The maximum atomic E-state index is 14.1. The first-order chi connectivity index (χ1) is 21.5. The molecule has 0 amide bonds. The highest BCUT2D eigenvalue weighted by Crippen LogP contribution is 2.47. The van der Waals surface area contributed by atoms with E-state index in [0.717, 1.165) is 44.9 Å². The first-order valence-electron chi connectivity index (χ1n) is 14.8. The number of nitrogen functional groups attached to an aromatic ring is 1. The van der Waals surface area contributed by atoms with E-state index in [2.05, 4.69) is 15.2 Å². The smallest absolute Gasteiger partial charge is 0.459 e. The zero-order valence-electron chi connectivity index (χ0n) is 24.6. The van der Waals surface area contributed by atoms with Gasteiger partial charge in [0, 0.05) is 5.02 Å². The van der Waals surface area contributed by atoms with E-state index in [1.807, 2.05) is 6.07 Å². The van der Waals surface area contributed by atoms with Gasteiger partial charge in [-0.15, -0.1) is 0 Å². The van der Waals surface area contributed by atoms with Crippen molar-refractivity contribution in [2.45, 2.75) is 87.9 Å². The molecule has 0 spiro atoms. The fraction of sp³-hybridized carbons (Fsp3) is 0.517. The van der Waals surface area contributed by atoms with Crippen molar-refractivity contribution in [1.29, 1.82) is 5.26 Å². The molecular formula is C29H36ClN6O8P. The molecule has 1 saturated heterocycles. The number of carbonyl (C=O) groups excluding carboxylic acids is 1. The van der Waals surface area contributed by atoms with Crippen LogP contribution < -0.4 is 15.3 Å². The number of aromatic nitrogens is 3. The molecule has 3 heterocycles. The number of hydrogen-bond donors (Lipinski definition) is 4. The van der Waals surface area contributed by atoms with Crippen LogP contribution in [0.15, 0.2) is 42.7 Å². The van der Waals surface area contributed by atoms with Gasteiger partial charge in [-0.2, -0.15) is 15.4 Å². The van der Waals surface area contributed by atoms with Gasteiger partial charge < -0.3 is 29.9 Å². The quantitative estimate of drug-likeness (QED) is 0.181. The van der Waals surface area contributed by atoms with Crippen molar-refractivity contribution in [3.63, 3.8) is 0 Å². The Labute approximate surface area is 265 Å². The Morgan fingerprint density at radius 1 is 1.22 bits per heavy atom. The van der Waals surface area contributed by atoms with Gasteiger partial charge in [0.2, 0.25) is 5.60 Å². The zero-order chi connectivity index (χ0) is 32.2. The Morgan fingerprint density at radius 2 is 1.91 bits per heavy atom. The molecule has 14 nitrogen and oxygen atoms in total. The molecule has 0 bridgehead atoms. The number of carbonyl (C=O) groups is 1. The Kier molecular flexibility index (Phi) is 10.3. The molecular weight excluding hydrogens is 627 g/mol. The van der Waals surface area contributed by atoms with Crippen LogP contribution in [0.25, 0.3) is 5.52 Å². The molecule has 3 aromatic rings. The summed E-state index contributed by atoms with van der Waals surface area (Å²) in [6.45, 7) is 0.869. The summed E-state index contributed by atoms with van der Waals surface area (Å²) in [6.07, 6.45) is 2.92. The molecule has 5 N–H and O–H groups in total. The van der Waals surface area contributed by atoms with Crippen molar-refractivity contribution in [3.8, 4) is 11.8 Å². The highest BCUT2D eigenvalue weighted by atomic mass is 35.5. The van der Waals surface area contributed by atoms with Crippen LogP contribution in [0.3, 0.4) is 0 Å². The summed E-state index contributed by atoms with van der Waals surface area (Å²) in [5, 5.41) is 39.3. The van der Waals surface area contributed by atoms with Crippen molar-refractivity contribution in [3.05, 3.63) is 53.4 Å². The van der Waals surface area contributed by atoms with Crippen molar-refractivity contribution >= 4 is 36.7 Å². The maximum Gasteiger partial charge on any atom is 0.459 e. The Bertz CT molecular complexity index is 1580. The first kappa shape index (κ1) is 33.1. The van der Waals surface area contributed by atoms with Gasteiger partial charge in [-0.1, -0.05) is 30.9 Å². The number of aliphatic hydroxyl groups excluding tert-OH is 2. The number of nitrogens with two attached hydrogens (primary N) is 1. The molecule has 6 atom stereocenters. The maximum absolute atomic E-state index is 14.1. The molecule has 1 aromatic carbocycles. The average Bonchev–Trinajstić information content (AvgIpc) is 3.55. The monoisotopic (exact) mass is 662 g/mol. The number of rotatable bonds is 10. The van der Waals surface area contributed by atoms with E-state index >= 15 is 0 Å². The number of esters is 1. The molecule has 1 aliphatic heterocycles. The summed E-state index contributed by atoms with van der Waals surface area (Å²) in [6, 6.07) is 9.83. The van der Waals surface area contributed by atoms with E-state index in [9.17, 15) is 24.8 Å². The van der Waals surface area contributed by atoms with Crippen LogP contribution in [0.2, 0.25) is 5.02 Å². The Morgan fingerprint density at radius 3 is 2.60 bits per heavy atom. The minimum absolute atomic E-state index is 0.0902. The number of nitriles is 1. The first-order valence-corrected chi connectivity index (χ1v) is 16.7. The molecule has 1 saturated carbocycles. The molecule has 16 heteroatoms. The molecule has 2 fully saturated rings. The van der Waals surface area contributed by atoms with Gasteiger partial charge in [0.25, 0.3) is 0 Å². The second-order valence-corrected chi connectivity index (χ2v) is 13.3. The molecule has 2 aromatic heterocycles. The highest BCUT2D eigenvalue weighted by Gasteiger charge is 2.58. The number of nitrogens with one attached hydrogen (secondary N) is 1. The minimum atomic E-state index is -4.38. The predicted octanol–water partition coefficient (Wildman–Crippen LogP) is 3.64. The second kappa shape index (κ2) is 14.0. The van der Waals surface area contributed by atoms with Gasteiger partial charge >= 0.3 is 13.7 Å². The normalized spacial score (nSPS) is 26.3. The summed E-state index contributed by atoms with van der Waals surface area (Å²) < 4.78 is 38.4. The third-order valence-corrected chi connectivity index (χ3v) is 9.87. The van der Waals surface area contributed by atoms with Gasteiger partial charge in [0.1, 0.15) is 54.1 Å². The molecule has 2 aliphatic rings. The lowest BCUT2D eigenvalue weighted by atomic mass is 9.92. The van der Waals surface area contributed by atoms with Crippen molar-refractivity contribution in [2.75, 3.05) is 12.3 Å². The fourth-order valence-corrected chi connectivity index (χ4v) is 7.17. The van der Waals surface area contributed by atoms with Gasteiger partial charge in [0.05, 0.1) is 12.3 Å².